The average molecular weight is 279 g/mol. The second-order valence-corrected chi connectivity index (χ2v) is 4.94. The Kier molecular flexibility index (Phi) is 6.91. The molecule has 0 aliphatic heterocycles. The molecule has 1 atom stereocenters. The summed E-state index contributed by atoms with van der Waals surface area (Å²) in [6.45, 7) is 7.77. The van der Waals surface area contributed by atoms with Crippen LogP contribution < -0.4 is 9.64 Å². The van der Waals surface area contributed by atoms with E-state index in [-0.39, 0.29) is 0 Å². The fourth-order valence-corrected chi connectivity index (χ4v) is 2.06. The third-order valence-corrected chi connectivity index (χ3v) is 3.20. The standard InChI is InChI=1S/C16H25NO3/c1-4-6-11-17(12-13(3)16(18)19)14-9-7-8-10-15(14)20-5-2/h7-10,13H,4-6,11-12H2,1-3H3,(H,18,19). The van der Waals surface area contributed by atoms with Crippen molar-refractivity contribution in [1.29, 1.82) is 0 Å². The number of carbonyl (C=O) groups is 1. The van der Waals surface area contributed by atoms with Crippen molar-refractivity contribution in [1.82, 2.24) is 0 Å². The zero-order valence-corrected chi connectivity index (χ0v) is 12.6. The molecule has 4 nitrogen and oxygen atoms in total. The minimum atomic E-state index is -0.764. The second-order valence-electron chi connectivity index (χ2n) is 4.94. The van der Waals surface area contributed by atoms with Crippen LogP contribution in [0.25, 0.3) is 0 Å². The Balaban J connectivity index is 2.94. The molecular weight excluding hydrogens is 254 g/mol. The van der Waals surface area contributed by atoms with E-state index >= 15 is 0 Å². The van der Waals surface area contributed by atoms with Gasteiger partial charge in [-0.3, -0.25) is 4.79 Å². The molecule has 0 heterocycles. The molecule has 1 N–H and O–H groups in total. The normalized spacial score (nSPS) is 11.9. The predicted molar refractivity (Wildman–Crippen MR) is 81.5 cm³/mol. The van der Waals surface area contributed by atoms with Gasteiger partial charge in [0.2, 0.25) is 0 Å². The molecular formula is C16H25NO3. The first-order chi connectivity index (χ1) is 9.60. The van der Waals surface area contributed by atoms with E-state index in [0.717, 1.165) is 30.8 Å². The number of rotatable bonds is 9. The van der Waals surface area contributed by atoms with Crippen LogP contribution in [0.2, 0.25) is 0 Å². The molecule has 0 bridgehead atoms. The number of nitrogens with zero attached hydrogens (tertiary/aromatic N) is 1. The van der Waals surface area contributed by atoms with Crippen molar-refractivity contribution in [3.63, 3.8) is 0 Å². The molecule has 1 unspecified atom stereocenters. The van der Waals surface area contributed by atoms with Crippen LogP contribution in [0.15, 0.2) is 24.3 Å². The Morgan fingerprint density at radius 3 is 2.65 bits per heavy atom. The highest BCUT2D eigenvalue weighted by molar-refractivity contribution is 5.71. The summed E-state index contributed by atoms with van der Waals surface area (Å²) in [6.07, 6.45) is 2.11. The Hall–Kier alpha value is -1.71. The number of hydrogen-bond donors (Lipinski definition) is 1. The zero-order chi connectivity index (χ0) is 15.0. The minimum Gasteiger partial charge on any atom is -0.492 e. The van der Waals surface area contributed by atoms with Gasteiger partial charge in [0.25, 0.3) is 0 Å². The number of carboxylic acid groups (broad SMARTS) is 1. The summed E-state index contributed by atoms with van der Waals surface area (Å²) < 4.78 is 5.65. The monoisotopic (exact) mass is 279 g/mol. The lowest BCUT2D eigenvalue weighted by atomic mass is 10.1. The molecule has 1 aromatic carbocycles. The first-order valence-electron chi connectivity index (χ1n) is 7.29. The van der Waals surface area contributed by atoms with Gasteiger partial charge in [0.05, 0.1) is 18.2 Å². The highest BCUT2D eigenvalue weighted by atomic mass is 16.5. The third kappa shape index (κ3) is 4.76. The first-order valence-corrected chi connectivity index (χ1v) is 7.29. The van der Waals surface area contributed by atoms with Crippen molar-refractivity contribution < 1.29 is 14.6 Å². The molecule has 0 spiro atoms. The minimum absolute atomic E-state index is 0.401. The third-order valence-electron chi connectivity index (χ3n) is 3.20. The first kappa shape index (κ1) is 16.3. The summed E-state index contributed by atoms with van der Waals surface area (Å²) in [6, 6.07) is 7.83. The van der Waals surface area contributed by atoms with Crippen LogP contribution in [0.4, 0.5) is 5.69 Å². The van der Waals surface area contributed by atoms with E-state index < -0.39 is 11.9 Å². The van der Waals surface area contributed by atoms with Gasteiger partial charge in [-0.05, 0) is 25.5 Å². The molecule has 0 amide bonds. The highest BCUT2D eigenvalue weighted by Crippen LogP contribution is 2.29. The van der Waals surface area contributed by atoms with Crippen LogP contribution in [-0.2, 0) is 4.79 Å². The van der Waals surface area contributed by atoms with Crippen molar-refractivity contribution in [2.24, 2.45) is 5.92 Å². The summed E-state index contributed by atoms with van der Waals surface area (Å²) in [4.78, 5) is 13.2. The number of benzene rings is 1. The van der Waals surface area contributed by atoms with E-state index in [2.05, 4.69) is 11.8 Å². The fourth-order valence-electron chi connectivity index (χ4n) is 2.06. The van der Waals surface area contributed by atoms with Gasteiger partial charge < -0.3 is 14.7 Å². The predicted octanol–water partition coefficient (Wildman–Crippen LogP) is 3.41. The lowest BCUT2D eigenvalue weighted by Crippen LogP contribution is -2.33. The molecule has 0 aromatic heterocycles. The second kappa shape index (κ2) is 8.46. The summed E-state index contributed by atoms with van der Waals surface area (Å²) in [5.74, 6) is -0.342. The zero-order valence-electron chi connectivity index (χ0n) is 12.6. The lowest BCUT2D eigenvalue weighted by molar-refractivity contribution is -0.140. The van der Waals surface area contributed by atoms with Crippen molar-refractivity contribution in [2.45, 2.75) is 33.6 Å². The number of hydrogen-bond acceptors (Lipinski definition) is 3. The maximum Gasteiger partial charge on any atom is 0.308 e. The van der Waals surface area contributed by atoms with E-state index in [1.54, 1.807) is 6.92 Å². The van der Waals surface area contributed by atoms with E-state index in [0.29, 0.717) is 13.2 Å². The van der Waals surface area contributed by atoms with Crippen molar-refractivity contribution in [3.05, 3.63) is 24.3 Å². The number of aliphatic carboxylic acids is 1. The van der Waals surface area contributed by atoms with Crippen LogP contribution in [0.1, 0.15) is 33.6 Å². The van der Waals surface area contributed by atoms with Crippen LogP contribution in [0, 0.1) is 5.92 Å². The van der Waals surface area contributed by atoms with Gasteiger partial charge in [-0.1, -0.05) is 32.4 Å². The largest absolute Gasteiger partial charge is 0.492 e. The van der Waals surface area contributed by atoms with Gasteiger partial charge >= 0.3 is 5.97 Å². The Morgan fingerprint density at radius 2 is 2.05 bits per heavy atom. The SMILES string of the molecule is CCCCN(CC(C)C(=O)O)c1ccccc1OCC. The fraction of sp³-hybridized carbons (Fsp3) is 0.562. The Bertz CT molecular complexity index is 420. The molecule has 4 heteroatoms. The Labute approximate surface area is 121 Å². The summed E-state index contributed by atoms with van der Waals surface area (Å²) in [7, 11) is 0. The van der Waals surface area contributed by atoms with Gasteiger partial charge in [0.1, 0.15) is 5.75 Å². The molecule has 0 aliphatic rings. The quantitative estimate of drug-likeness (QED) is 0.752. The van der Waals surface area contributed by atoms with Gasteiger partial charge in [-0.2, -0.15) is 0 Å². The number of carboxylic acids is 1. The van der Waals surface area contributed by atoms with E-state index in [4.69, 9.17) is 9.84 Å². The molecule has 20 heavy (non-hydrogen) atoms. The highest BCUT2D eigenvalue weighted by Gasteiger charge is 2.18. The van der Waals surface area contributed by atoms with Crippen LogP contribution >= 0.6 is 0 Å². The Morgan fingerprint density at radius 1 is 1.35 bits per heavy atom. The number of anilines is 1. The van der Waals surface area contributed by atoms with Gasteiger partial charge in [-0.15, -0.1) is 0 Å². The average Bonchev–Trinajstić information content (AvgIpc) is 2.44. The molecule has 0 saturated heterocycles. The van der Waals surface area contributed by atoms with Gasteiger partial charge in [0, 0.05) is 13.1 Å². The summed E-state index contributed by atoms with van der Waals surface area (Å²) in [5, 5.41) is 9.12. The molecule has 1 aromatic rings. The molecule has 112 valence electrons. The van der Waals surface area contributed by atoms with Crippen molar-refractivity contribution >= 4 is 11.7 Å². The maximum atomic E-state index is 11.1. The van der Waals surface area contributed by atoms with E-state index in [1.807, 2.05) is 31.2 Å². The van der Waals surface area contributed by atoms with Gasteiger partial charge in [0.15, 0.2) is 0 Å². The smallest absolute Gasteiger partial charge is 0.308 e. The maximum absolute atomic E-state index is 11.1. The summed E-state index contributed by atoms with van der Waals surface area (Å²) >= 11 is 0. The molecule has 1 rings (SSSR count). The van der Waals surface area contributed by atoms with Crippen molar-refractivity contribution in [2.75, 3.05) is 24.6 Å². The number of unbranched alkanes of at least 4 members (excludes halogenated alkanes) is 1. The molecule has 0 aliphatic carbocycles. The topological polar surface area (TPSA) is 49.8 Å². The molecule has 0 saturated carbocycles. The number of para-hydroxylation sites is 2. The van der Waals surface area contributed by atoms with Crippen molar-refractivity contribution in [3.8, 4) is 5.75 Å². The number of ether oxygens (including phenoxy) is 1. The van der Waals surface area contributed by atoms with E-state index in [9.17, 15) is 4.79 Å². The van der Waals surface area contributed by atoms with Crippen LogP contribution in [-0.4, -0.2) is 30.8 Å². The van der Waals surface area contributed by atoms with E-state index in [1.165, 1.54) is 0 Å². The summed E-state index contributed by atoms with van der Waals surface area (Å²) in [5.41, 5.74) is 0.982. The van der Waals surface area contributed by atoms with Crippen LogP contribution in [0.5, 0.6) is 5.75 Å². The van der Waals surface area contributed by atoms with Crippen LogP contribution in [0.3, 0.4) is 0 Å². The lowest BCUT2D eigenvalue weighted by Gasteiger charge is -2.28. The molecule has 0 fully saturated rings. The molecule has 0 radical (unpaired) electrons. The van der Waals surface area contributed by atoms with Gasteiger partial charge in [-0.25, -0.2) is 0 Å².